The van der Waals surface area contributed by atoms with E-state index >= 15 is 0 Å². The molecule has 112 valence electrons. The van der Waals surface area contributed by atoms with Crippen molar-refractivity contribution in [2.24, 2.45) is 5.41 Å². The molecule has 0 spiro atoms. The van der Waals surface area contributed by atoms with E-state index in [1.807, 2.05) is 0 Å². The lowest BCUT2D eigenvalue weighted by Gasteiger charge is -2.28. The minimum Gasteiger partial charge on any atom is -0.378 e. The number of hydrogen-bond acceptors (Lipinski definition) is 1. The van der Waals surface area contributed by atoms with Crippen molar-refractivity contribution in [1.82, 2.24) is 0 Å². The van der Waals surface area contributed by atoms with E-state index in [0.717, 1.165) is 6.42 Å². The van der Waals surface area contributed by atoms with Gasteiger partial charge >= 0.3 is 0 Å². The zero-order valence-electron chi connectivity index (χ0n) is 13.9. The average molecular weight is 281 g/mol. The molecular weight excluding hydrogens is 254 g/mol. The van der Waals surface area contributed by atoms with E-state index in [1.165, 1.54) is 22.4 Å². The van der Waals surface area contributed by atoms with E-state index < -0.39 is 0 Å². The summed E-state index contributed by atoms with van der Waals surface area (Å²) in [6, 6.07) is 17.7. The highest BCUT2D eigenvalue weighted by atomic mass is 14.9. The molecule has 21 heavy (non-hydrogen) atoms. The smallest absolute Gasteiger partial charge is 0.0518 e. The van der Waals surface area contributed by atoms with Crippen molar-refractivity contribution in [1.29, 1.82) is 0 Å². The maximum Gasteiger partial charge on any atom is 0.0518 e. The van der Waals surface area contributed by atoms with Crippen LogP contribution in [0.3, 0.4) is 0 Å². The topological polar surface area (TPSA) is 12.0 Å². The quantitative estimate of drug-likeness (QED) is 0.736. The Morgan fingerprint density at radius 2 is 1.62 bits per heavy atom. The zero-order valence-corrected chi connectivity index (χ0v) is 13.9. The van der Waals surface area contributed by atoms with Crippen LogP contribution in [0.25, 0.3) is 0 Å². The van der Waals surface area contributed by atoms with Gasteiger partial charge in [0, 0.05) is 5.69 Å². The largest absolute Gasteiger partial charge is 0.378 e. The van der Waals surface area contributed by atoms with Crippen molar-refractivity contribution < 1.29 is 0 Å². The number of aryl methyl sites for hydroxylation is 2. The third kappa shape index (κ3) is 4.63. The SMILES string of the molecule is Cc1ccc(NC(CC(C)(C)C)c2ccccc2)c(C)c1. The molecule has 0 radical (unpaired) electrons. The van der Waals surface area contributed by atoms with E-state index in [1.54, 1.807) is 0 Å². The lowest BCUT2D eigenvalue weighted by molar-refractivity contribution is 0.352. The molecule has 0 aliphatic heterocycles. The Kier molecular flexibility index (Phi) is 4.72. The molecule has 0 aliphatic rings. The van der Waals surface area contributed by atoms with Crippen molar-refractivity contribution in [2.45, 2.75) is 47.1 Å². The fourth-order valence-corrected chi connectivity index (χ4v) is 2.71. The summed E-state index contributed by atoms with van der Waals surface area (Å²) in [5.41, 5.74) is 5.49. The summed E-state index contributed by atoms with van der Waals surface area (Å²) in [5.74, 6) is 0. The van der Waals surface area contributed by atoms with Crippen LogP contribution in [0, 0.1) is 19.3 Å². The minimum absolute atomic E-state index is 0.284. The Bertz CT molecular complexity index is 579. The van der Waals surface area contributed by atoms with E-state index in [-0.39, 0.29) is 5.41 Å². The zero-order chi connectivity index (χ0) is 15.5. The second-order valence-corrected chi connectivity index (χ2v) is 7.19. The van der Waals surface area contributed by atoms with Crippen molar-refractivity contribution in [3.8, 4) is 0 Å². The van der Waals surface area contributed by atoms with Crippen LogP contribution < -0.4 is 5.32 Å². The molecule has 1 N–H and O–H groups in total. The van der Waals surface area contributed by atoms with E-state index in [2.05, 4.69) is 88.5 Å². The molecule has 2 rings (SSSR count). The number of anilines is 1. The van der Waals surface area contributed by atoms with Crippen molar-refractivity contribution in [3.63, 3.8) is 0 Å². The molecule has 0 saturated carbocycles. The van der Waals surface area contributed by atoms with Crippen molar-refractivity contribution >= 4 is 5.69 Å². The van der Waals surface area contributed by atoms with Gasteiger partial charge in [0.2, 0.25) is 0 Å². The van der Waals surface area contributed by atoms with Gasteiger partial charge in [0.1, 0.15) is 0 Å². The number of rotatable bonds is 4. The van der Waals surface area contributed by atoms with E-state index in [9.17, 15) is 0 Å². The predicted molar refractivity (Wildman–Crippen MR) is 92.8 cm³/mol. The maximum absolute atomic E-state index is 3.75. The number of nitrogens with one attached hydrogen (secondary N) is 1. The van der Waals surface area contributed by atoms with Crippen molar-refractivity contribution in [2.75, 3.05) is 5.32 Å². The summed E-state index contributed by atoms with van der Waals surface area (Å²) < 4.78 is 0. The second-order valence-electron chi connectivity index (χ2n) is 7.19. The molecule has 0 amide bonds. The summed E-state index contributed by atoms with van der Waals surface area (Å²) >= 11 is 0. The average Bonchev–Trinajstić information content (AvgIpc) is 2.40. The van der Waals surface area contributed by atoms with Gasteiger partial charge in [0.05, 0.1) is 6.04 Å². The second kappa shape index (κ2) is 6.34. The molecule has 1 heteroatoms. The Hall–Kier alpha value is -1.76. The molecule has 0 aliphatic carbocycles. The molecule has 0 aromatic heterocycles. The van der Waals surface area contributed by atoms with Crippen LogP contribution >= 0.6 is 0 Å². The summed E-state index contributed by atoms with van der Waals surface area (Å²) in [7, 11) is 0. The first kappa shape index (κ1) is 15.6. The summed E-state index contributed by atoms with van der Waals surface area (Å²) in [6.07, 6.45) is 1.10. The fraction of sp³-hybridized carbons (Fsp3) is 0.400. The van der Waals surface area contributed by atoms with Gasteiger partial charge in [-0.3, -0.25) is 0 Å². The van der Waals surface area contributed by atoms with Gasteiger partial charge in [-0.1, -0.05) is 68.8 Å². The van der Waals surface area contributed by atoms with Crippen LogP contribution in [0.5, 0.6) is 0 Å². The van der Waals surface area contributed by atoms with Gasteiger partial charge in [-0.25, -0.2) is 0 Å². The molecule has 0 bridgehead atoms. The first-order valence-electron chi connectivity index (χ1n) is 7.74. The van der Waals surface area contributed by atoms with Crippen molar-refractivity contribution in [3.05, 3.63) is 65.2 Å². The van der Waals surface area contributed by atoms with Gasteiger partial charge < -0.3 is 5.32 Å². The fourth-order valence-electron chi connectivity index (χ4n) is 2.71. The summed E-state index contributed by atoms with van der Waals surface area (Å²) in [5, 5.41) is 3.75. The Balaban J connectivity index is 2.28. The molecule has 2 aromatic rings. The number of benzene rings is 2. The van der Waals surface area contributed by atoms with Crippen LogP contribution in [0.1, 0.15) is 49.9 Å². The molecule has 0 heterocycles. The molecule has 1 atom stereocenters. The highest BCUT2D eigenvalue weighted by molar-refractivity contribution is 5.53. The maximum atomic E-state index is 3.75. The number of hydrogen-bond donors (Lipinski definition) is 1. The van der Waals surface area contributed by atoms with Gasteiger partial charge in [-0.15, -0.1) is 0 Å². The van der Waals surface area contributed by atoms with Crippen LogP contribution in [-0.2, 0) is 0 Å². The predicted octanol–water partition coefficient (Wildman–Crippen LogP) is 5.89. The molecule has 1 unspecified atom stereocenters. The van der Waals surface area contributed by atoms with Gasteiger partial charge in [-0.2, -0.15) is 0 Å². The van der Waals surface area contributed by atoms with Gasteiger partial charge in [0.25, 0.3) is 0 Å². The minimum atomic E-state index is 0.284. The van der Waals surface area contributed by atoms with Crippen LogP contribution in [-0.4, -0.2) is 0 Å². The van der Waals surface area contributed by atoms with E-state index in [4.69, 9.17) is 0 Å². The van der Waals surface area contributed by atoms with Gasteiger partial charge in [-0.05, 0) is 42.9 Å². The van der Waals surface area contributed by atoms with Crippen LogP contribution in [0.2, 0.25) is 0 Å². The standard InChI is InChI=1S/C20H27N/c1-15-11-12-18(16(2)13-15)21-19(14-20(3,4)5)17-9-7-6-8-10-17/h6-13,19,21H,14H2,1-5H3. The molecular formula is C20H27N. The van der Waals surface area contributed by atoms with Crippen LogP contribution in [0.15, 0.2) is 48.5 Å². The molecule has 2 aromatic carbocycles. The lowest BCUT2D eigenvalue weighted by Crippen LogP contribution is -2.19. The third-order valence-electron chi connectivity index (χ3n) is 3.73. The Morgan fingerprint density at radius 3 is 2.19 bits per heavy atom. The Labute approximate surface area is 129 Å². The molecule has 0 fully saturated rings. The third-order valence-corrected chi connectivity index (χ3v) is 3.73. The summed E-state index contributed by atoms with van der Waals surface area (Å²) in [4.78, 5) is 0. The molecule has 0 saturated heterocycles. The highest BCUT2D eigenvalue weighted by Gasteiger charge is 2.20. The van der Waals surface area contributed by atoms with E-state index in [0.29, 0.717) is 6.04 Å². The van der Waals surface area contributed by atoms with Crippen LogP contribution in [0.4, 0.5) is 5.69 Å². The molecule has 1 nitrogen and oxygen atoms in total. The monoisotopic (exact) mass is 281 g/mol. The van der Waals surface area contributed by atoms with Gasteiger partial charge in [0.15, 0.2) is 0 Å². The first-order chi connectivity index (χ1) is 9.85. The first-order valence-corrected chi connectivity index (χ1v) is 7.74. The highest BCUT2D eigenvalue weighted by Crippen LogP contribution is 2.33. The summed E-state index contributed by atoms with van der Waals surface area (Å²) in [6.45, 7) is 11.2. The normalized spacial score (nSPS) is 13.0. The Morgan fingerprint density at radius 1 is 0.952 bits per heavy atom. The lowest BCUT2D eigenvalue weighted by atomic mass is 9.85.